The second-order valence-corrected chi connectivity index (χ2v) is 18.2. The molecule has 55 heavy (non-hydrogen) atoms. The van der Waals surface area contributed by atoms with E-state index in [0.29, 0.717) is 15.1 Å². The van der Waals surface area contributed by atoms with Gasteiger partial charge in [0.1, 0.15) is 17.3 Å². The van der Waals surface area contributed by atoms with Crippen molar-refractivity contribution in [2.75, 3.05) is 0 Å². The van der Waals surface area contributed by atoms with Crippen molar-refractivity contribution in [1.29, 1.82) is 0 Å². The molecule has 0 radical (unpaired) electrons. The van der Waals surface area contributed by atoms with Gasteiger partial charge in [0.2, 0.25) is 11.4 Å². The number of hydrogen-bond donors (Lipinski definition) is 0. The summed E-state index contributed by atoms with van der Waals surface area (Å²) in [7, 11) is 0. The Labute approximate surface area is 325 Å². The van der Waals surface area contributed by atoms with Crippen molar-refractivity contribution in [2.45, 2.75) is 90.4 Å². The number of ether oxygens (including phenoxy) is 1. The van der Waals surface area contributed by atoms with Gasteiger partial charge in [-0.2, -0.15) is 9.18 Å². The maximum Gasteiger partial charge on any atom is 0.225 e. The molecule has 0 bridgehead atoms. The van der Waals surface area contributed by atoms with E-state index in [1.54, 1.807) is 0 Å². The number of nitrogens with zero attached hydrogens (tertiary/aromatic N) is 4. The molecule has 1 saturated carbocycles. The van der Waals surface area contributed by atoms with Crippen molar-refractivity contribution < 1.29 is 4.74 Å². The summed E-state index contributed by atoms with van der Waals surface area (Å²) in [5.41, 5.74) is 11.7. The lowest BCUT2D eigenvalue weighted by atomic mass is 9.80. The number of benzene rings is 5. The third-order valence-corrected chi connectivity index (χ3v) is 12.6. The van der Waals surface area contributed by atoms with Gasteiger partial charge in [0, 0.05) is 59.4 Å². The molecule has 5 nitrogen and oxygen atoms in total. The second kappa shape index (κ2) is 12.1. The number of hydrogen-bond acceptors (Lipinski definition) is 2. The van der Waals surface area contributed by atoms with E-state index in [1.807, 2.05) is 6.20 Å². The molecule has 0 spiro atoms. The first-order valence-corrected chi connectivity index (χ1v) is 20.2. The van der Waals surface area contributed by atoms with Gasteiger partial charge in [-0.1, -0.05) is 103 Å². The van der Waals surface area contributed by atoms with E-state index in [4.69, 9.17) is 9.72 Å². The van der Waals surface area contributed by atoms with Gasteiger partial charge in [0.15, 0.2) is 18.0 Å². The van der Waals surface area contributed by atoms with Crippen LogP contribution in [0.25, 0.3) is 27.6 Å². The van der Waals surface area contributed by atoms with E-state index < -0.39 is 0 Å². The molecular weight excluding hydrogens is 673 g/mol. The molecule has 1 saturated heterocycles. The summed E-state index contributed by atoms with van der Waals surface area (Å²) in [4.78, 5) is 4.88. The molecule has 2 fully saturated rings. The Kier molecular flexibility index (Phi) is 7.56. The first kappa shape index (κ1) is 34.3. The highest BCUT2D eigenvalue weighted by Crippen LogP contribution is 2.75. The lowest BCUT2D eigenvalue weighted by Crippen LogP contribution is -2.46. The zero-order valence-corrected chi connectivity index (χ0v) is 33.0. The molecule has 5 heteroatoms. The van der Waals surface area contributed by atoms with Crippen LogP contribution in [-0.4, -0.2) is 9.55 Å². The third kappa shape index (κ3) is 5.23. The minimum atomic E-state index is 0.0110. The number of pyridine rings is 1. The predicted molar refractivity (Wildman–Crippen MR) is 228 cm³/mol. The van der Waals surface area contributed by atoms with Crippen LogP contribution in [0.3, 0.4) is 0 Å². The van der Waals surface area contributed by atoms with Crippen LogP contribution in [0.4, 0.5) is 22.7 Å². The van der Waals surface area contributed by atoms with E-state index in [9.17, 15) is 0 Å². The Hall–Kier alpha value is -5.23. The second-order valence-electron chi connectivity index (χ2n) is 18.2. The zero-order valence-electron chi connectivity index (χ0n) is 33.0. The van der Waals surface area contributed by atoms with Crippen LogP contribution in [0.1, 0.15) is 96.3 Å². The van der Waals surface area contributed by atoms with E-state index >= 15 is 0 Å². The summed E-state index contributed by atoms with van der Waals surface area (Å²) in [6.07, 6.45) is 8.54. The SMILES string of the molecule is CC(C)(C)c1cc(C2CCCCC2)cc([N@+]23[CH-][N+]2(c2cccc(Oc4ccc5c6ccccc6n(-c6cc(C(C)(C)C)ccn6)c5c4)c2)c2ccccc23)c1. The molecule has 7 aromatic rings. The molecule has 1 aliphatic carbocycles. The largest absolute Gasteiger partial charge is 0.457 e. The molecular formula is C50H51N4O+. The lowest BCUT2D eigenvalue weighted by Gasteiger charge is -2.40. The van der Waals surface area contributed by atoms with Crippen LogP contribution >= 0.6 is 0 Å². The molecule has 10 rings (SSSR count). The first-order valence-electron chi connectivity index (χ1n) is 20.2. The van der Waals surface area contributed by atoms with E-state index in [0.717, 1.165) is 28.4 Å². The van der Waals surface area contributed by atoms with Crippen LogP contribution < -0.4 is 13.9 Å². The topological polar surface area (TPSA) is 27.1 Å². The van der Waals surface area contributed by atoms with Gasteiger partial charge in [-0.05, 0) is 82.7 Å². The summed E-state index contributed by atoms with van der Waals surface area (Å²) >= 11 is 0. The number of para-hydroxylation sites is 3. The van der Waals surface area contributed by atoms with Gasteiger partial charge >= 0.3 is 0 Å². The van der Waals surface area contributed by atoms with Crippen molar-refractivity contribution in [1.82, 2.24) is 18.7 Å². The third-order valence-electron chi connectivity index (χ3n) is 12.6. The Morgan fingerprint density at radius 3 is 2.05 bits per heavy atom. The van der Waals surface area contributed by atoms with E-state index in [1.165, 1.54) is 82.3 Å². The van der Waals surface area contributed by atoms with E-state index in [2.05, 4.69) is 174 Å². The van der Waals surface area contributed by atoms with Crippen molar-refractivity contribution >= 4 is 44.6 Å². The standard InChI is InChI=1S/C50H51N4O/c1-49(2,3)36-25-26-51-48(30-36)52-44-20-11-10-19-42(44)43-24-23-41(32-45(43)52)55-40-18-14-17-38(31-40)53-33-54(53,47-22-13-12-21-46(47)53)39-28-35(34-15-8-7-9-16-34)27-37(29-39)50(4,5)6/h10-14,17-34H,7-9,15-16H2,1-6H3/q+1/t53?,54-/m0/s1. The average molecular weight is 724 g/mol. The summed E-state index contributed by atoms with van der Waals surface area (Å²) in [5.74, 6) is 3.18. The van der Waals surface area contributed by atoms with Crippen molar-refractivity contribution in [2.24, 2.45) is 0 Å². The van der Waals surface area contributed by atoms with Gasteiger partial charge in [-0.15, -0.1) is 0 Å². The molecule has 2 aromatic heterocycles. The molecule has 2 atom stereocenters. The van der Waals surface area contributed by atoms with Crippen molar-refractivity contribution in [3.05, 3.63) is 151 Å². The average Bonchev–Trinajstić information content (AvgIpc) is 3.68. The van der Waals surface area contributed by atoms with Gasteiger partial charge in [0.05, 0.1) is 11.0 Å². The molecule has 0 N–H and O–H groups in total. The van der Waals surface area contributed by atoms with Crippen LogP contribution in [0.15, 0.2) is 128 Å². The number of aromatic nitrogens is 2. The van der Waals surface area contributed by atoms with Gasteiger partial charge in [-0.25, -0.2) is 4.98 Å². The van der Waals surface area contributed by atoms with Crippen molar-refractivity contribution in [3.8, 4) is 17.3 Å². The number of fused-ring (bicyclic) bond motifs is 7. The number of rotatable bonds is 6. The van der Waals surface area contributed by atoms with Gasteiger partial charge in [-0.3, -0.25) is 4.57 Å². The van der Waals surface area contributed by atoms with Crippen LogP contribution in [0, 0.1) is 6.67 Å². The highest BCUT2D eigenvalue weighted by molar-refractivity contribution is 6.09. The Bertz CT molecular complexity index is 2630. The fraction of sp³-hybridized carbons (Fsp3) is 0.280. The fourth-order valence-electron chi connectivity index (χ4n) is 9.55. The lowest BCUT2D eigenvalue weighted by molar-refractivity contribution is 0.419. The zero-order chi connectivity index (χ0) is 37.7. The van der Waals surface area contributed by atoms with Crippen molar-refractivity contribution in [3.63, 3.8) is 0 Å². The van der Waals surface area contributed by atoms with Crippen LogP contribution in [-0.2, 0) is 10.8 Å². The Morgan fingerprint density at radius 1 is 0.600 bits per heavy atom. The smallest absolute Gasteiger partial charge is 0.225 e. The van der Waals surface area contributed by atoms with Gasteiger partial charge < -0.3 is 4.74 Å². The molecule has 0 amide bonds. The highest BCUT2D eigenvalue weighted by atomic mass is 16.5. The maximum atomic E-state index is 6.80. The summed E-state index contributed by atoms with van der Waals surface area (Å²) < 4.78 is 10.4. The Balaban J connectivity index is 1.05. The molecule has 3 aliphatic rings. The van der Waals surface area contributed by atoms with E-state index in [-0.39, 0.29) is 10.8 Å². The summed E-state index contributed by atoms with van der Waals surface area (Å²) in [6.45, 7) is 16.3. The monoisotopic (exact) mass is 723 g/mol. The quantitative estimate of drug-likeness (QED) is 0.0970. The van der Waals surface area contributed by atoms with Crippen LogP contribution in [0.2, 0.25) is 0 Å². The van der Waals surface area contributed by atoms with Crippen LogP contribution in [0.5, 0.6) is 11.5 Å². The molecule has 2 aliphatic heterocycles. The first-order chi connectivity index (χ1) is 26.5. The highest BCUT2D eigenvalue weighted by Gasteiger charge is 2.78. The normalized spacial score (nSPS) is 20.9. The summed E-state index contributed by atoms with van der Waals surface area (Å²) in [5, 5.41) is 2.38. The fourth-order valence-corrected chi connectivity index (χ4v) is 9.55. The maximum absolute atomic E-state index is 6.80. The Morgan fingerprint density at radius 2 is 1.29 bits per heavy atom. The molecule has 276 valence electrons. The minimum Gasteiger partial charge on any atom is -0.457 e. The predicted octanol–water partition coefficient (Wildman–Crippen LogP) is 14.0. The summed E-state index contributed by atoms with van der Waals surface area (Å²) in [6, 6.07) is 44.7. The number of quaternary nitrogens is 2. The van der Waals surface area contributed by atoms with Gasteiger partial charge in [0.25, 0.3) is 0 Å². The molecule has 4 heterocycles. The molecule has 5 aromatic carbocycles. The molecule has 1 unspecified atom stereocenters. The minimum absolute atomic E-state index is 0.0110.